The molecule has 14 heavy (non-hydrogen) atoms. The Morgan fingerprint density at radius 1 is 1.29 bits per heavy atom. The van der Waals surface area contributed by atoms with Gasteiger partial charge in [0.05, 0.1) is 5.69 Å². The van der Waals surface area contributed by atoms with Gasteiger partial charge in [0, 0.05) is 17.6 Å². The largest absolute Gasteiger partial charge is 0.399 e. The van der Waals surface area contributed by atoms with E-state index in [-0.39, 0.29) is 5.69 Å². The first-order valence-electron chi connectivity index (χ1n) is 4.31. The number of anilines is 1. The van der Waals surface area contributed by atoms with Crippen LogP contribution in [0.1, 0.15) is 5.69 Å². The number of hydrogen-bond acceptors (Lipinski definition) is 2. The number of H-pyrrole nitrogens is 1. The van der Waals surface area contributed by atoms with Crippen molar-refractivity contribution in [3.05, 3.63) is 46.6 Å². The van der Waals surface area contributed by atoms with Crippen LogP contribution < -0.4 is 11.4 Å². The van der Waals surface area contributed by atoms with Crippen LogP contribution in [-0.4, -0.2) is 9.55 Å². The Morgan fingerprint density at radius 2 is 1.93 bits per heavy atom. The molecule has 2 rings (SSSR count). The fraction of sp³-hybridized carbons (Fsp3) is 0.100. The van der Waals surface area contributed by atoms with Crippen molar-refractivity contribution in [3.8, 4) is 5.69 Å². The summed E-state index contributed by atoms with van der Waals surface area (Å²) in [5.41, 5.74) is 7.82. The fourth-order valence-electron chi connectivity index (χ4n) is 1.40. The predicted octanol–water partition coefficient (Wildman–Crippen LogP) is 1.06. The minimum atomic E-state index is -0.132. The van der Waals surface area contributed by atoms with Crippen molar-refractivity contribution in [3.63, 3.8) is 0 Å². The van der Waals surface area contributed by atoms with Gasteiger partial charge in [-0.15, -0.1) is 0 Å². The second-order valence-corrected chi connectivity index (χ2v) is 3.16. The third kappa shape index (κ3) is 1.31. The van der Waals surface area contributed by atoms with Gasteiger partial charge in [-0.2, -0.15) is 0 Å². The van der Waals surface area contributed by atoms with Gasteiger partial charge >= 0.3 is 5.69 Å². The third-order valence-electron chi connectivity index (χ3n) is 2.11. The SMILES string of the molecule is Cc1c[nH]c(=O)n1-c1ccc(N)cc1. The van der Waals surface area contributed by atoms with Gasteiger partial charge in [-0.25, -0.2) is 4.79 Å². The summed E-state index contributed by atoms with van der Waals surface area (Å²) in [6.07, 6.45) is 1.68. The van der Waals surface area contributed by atoms with Gasteiger partial charge in [-0.1, -0.05) is 0 Å². The maximum atomic E-state index is 11.4. The number of nitrogens with one attached hydrogen (secondary N) is 1. The standard InChI is InChI=1S/C10H11N3O/c1-7-6-12-10(14)13(7)9-4-2-8(11)3-5-9/h2-6H,11H2,1H3,(H,12,14). The number of benzene rings is 1. The molecular formula is C10H11N3O. The maximum absolute atomic E-state index is 11.4. The van der Waals surface area contributed by atoms with E-state index in [2.05, 4.69) is 4.98 Å². The highest BCUT2D eigenvalue weighted by molar-refractivity contribution is 5.45. The molecule has 3 N–H and O–H groups in total. The smallest absolute Gasteiger partial charge is 0.330 e. The lowest BCUT2D eigenvalue weighted by Gasteiger charge is -2.03. The summed E-state index contributed by atoms with van der Waals surface area (Å²) in [5.74, 6) is 0. The Hall–Kier alpha value is -1.97. The van der Waals surface area contributed by atoms with Crippen LogP contribution in [0.2, 0.25) is 0 Å². The Morgan fingerprint density at radius 3 is 2.43 bits per heavy atom. The van der Waals surface area contributed by atoms with Crippen LogP contribution in [0.25, 0.3) is 5.69 Å². The van der Waals surface area contributed by atoms with Crippen LogP contribution in [0.15, 0.2) is 35.3 Å². The molecule has 0 amide bonds. The van der Waals surface area contributed by atoms with Crippen molar-refractivity contribution in [2.45, 2.75) is 6.92 Å². The molecule has 0 aliphatic carbocycles. The van der Waals surface area contributed by atoms with Crippen LogP contribution in [0, 0.1) is 6.92 Å². The van der Waals surface area contributed by atoms with E-state index in [9.17, 15) is 4.79 Å². The van der Waals surface area contributed by atoms with E-state index in [1.807, 2.05) is 19.1 Å². The number of hydrogen-bond donors (Lipinski definition) is 2. The summed E-state index contributed by atoms with van der Waals surface area (Å²) >= 11 is 0. The number of nitrogens with two attached hydrogens (primary N) is 1. The van der Waals surface area contributed by atoms with Crippen LogP contribution in [0.3, 0.4) is 0 Å². The molecule has 0 aliphatic heterocycles. The van der Waals surface area contributed by atoms with Gasteiger partial charge in [0.25, 0.3) is 0 Å². The number of rotatable bonds is 1. The normalized spacial score (nSPS) is 10.4. The number of aryl methyl sites for hydroxylation is 1. The molecule has 72 valence electrons. The van der Waals surface area contributed by atoms with E-state index in [1.165, 1.54) is 0 Å². The van der Waals surface area contributed by atoms with Crippen LogP contribution in [-0.2, 0) is 0 Å². The van der Waals surface area contributed by atoms with Gasteiger partial charge in [-0.3, -0.25) is 4.57 Å². The fourth-order valence-corrected chi connectivity index (χ4v) is 1.40. The molecule has 0 unspecified atom stereocenters. The van der Waals surface area contributed by atoms with Crippen molar-refractivity contribution in [1.82, 2.24) is 9.55 Å². The molecule has 4 nitrogen and oxygen atoms in total. The number of aromatic nitrogens is 2. The lowest BCUT2D eigenvalue weighted by molar-refractivity contribution is 0.950. The lowest BCUT2D eigenvalue weighted by Crippen LogP contribution is -2.15. The van der Waals surface area contributed by atoms with E-state index in [0.29, 0.717) is 5.69 Å². The van der Waals surface area contributed by atoms with Crippen molar-refractivity contribution in [2.75, 3.05) is 5.73 Å². The molecule has 0 saturated heterocycles. The summed E-state index contributed by atoms with van der Waals surface area (Å²) in [7, 11) is 0. The average Bonchev–Trinajstić information content (AvgIpc) is 2.49. The molecule has 0 saturated carbocycles. The second kappa shape index (κ2) is 3.06. The molecule has 1 heterocycles. The van der Waals surface area contributed by atoms with Crippen LogP contribution >= 0.6 is 0 Å². The van der Waals surface area contributed by atoms with Gasteiger partial charge in [0.15, 0.2) is 0 Å². The Labute approximate surface area is 81.0 Å². The topological polar surface area (TPSA) is 63.8 Å². The molecule has 1 aromatic carbocycles. The predicted molar refractivity (Wildman–Crippen MR) is 55.5 cm³/mol. The highest BCUT2D eigenvalue weighted by Crippen LogP contribution is 2.10. The number of imidazole rings is 1. The molecule has 0 fully saturated rings. The van der Waals surface area contributed by atoms with Crippen molar-refractivity contribution in [2.24, 2.45) is 0 Å². The van der Waals surface area contributed by atoms with Gasteiger partial charge < -0.3 is 10.7 Å². The van der Waals surface area contributed by atoms with Crippen molar-refractivity contribution in [1.29, 1.82) is 0 Å². The zero-order valence-corrected chi connectivity index (χ0v) is 7.82. The van der Waals surface area contributed by atoms with Crippen molar-refractivity contribution >= 4 is 5.69 Å². The third-order valence-corrected chi connectivity index (χ3v) is 2.11. The molecular weight excluding hydrogens is 178 g/mol. The molecule has 0 spiro atoms. The molecule has 0 atom stereocenters. The zero-order valence-electron chi connectivity index (χ0n) is 7.82. The Kier molecular flexibility index (Phi) is 1.89. The summed E-state index contributed by atoms with van der Waals surface area (Å²) in [5, 5.41) is 0. The molecule has 0 aliphatic rings. The average molecular weight is 189 g/mol. The monoisotopic (exact) mass is 189 g/mol. The van der Waals surface area contributed by atoms with Crippen LogP contribution in [0.4, 0.5) is 5.69 Å². The lowest BCUT2D eigenvalue weighted by atomic mass is 10.3. The van der Waals surface area contributed by atoms with Crippen LogP contribution in [0.5, 0.6) is 0 Å². The van der Waals surface area contributed by atoms with E-state index >= 15 is 0 Å². The number of nitrogens with zero attached hydrogens (tertiary/aromatic N) is 1. The molecule has 1 aromatic heterocycles. The Bertz CT molecular complexity index is 493. The summed E-state index contributed by atoms with van der Waals surface area (Å²) in [4.78, 5) is 14.0. The van der Waals surface area contributed by atoms with Crippen molar-refractivity contribution < 1.29 is 0 Å². The van der Waals surface area contributed by atoms with Gasteiger partial charge in [0.1, 0.15) is 0 Å². The van der Waals surface area contributed by atoms with E-state index in [0.717, 1.165) is 11.4 Å². The summed E-state index contributed by atoms with van der Waals surface area (Å²) < 4.78 is 1.60. The molecule has 0 radical (unpaired) electrons. The maximum Gasteiger partial charge on any atom is 0.330 e. The first-order valence-corrected chi connectivity index (χ1v) is 4.31. The van der Waals surface area contributed by atoms with Gasteiger partial charge in [-0.05, 0) is 31.2 Å². The molecule has 2 aromatic rings. The number of aromatic amines is 1. The number of nitrogen functional groups attached to an aromatic ring is 1. The summed E-state index contributed by atoms with van der Waals surface area (Å²) in [6.45, 7) is 1.87. The highest BCUT2D eigenvalue weighted by Gasteiger charge is 2.03. The van der Waals surface area contributed by atoms with E-state index in [4.69, 9.17) is 5.73 Å². The Balaban J connectivity index is 2.60. The first kappa shape index (κ1) is 8.62. The highest BCUT2D eigenvalue weighted by atomic mass is 16.1. The quantitative estimate of drug-likeness (QED) is 0.659. The minimum absolute atomic E-state index is 0.132. The molecule has 0 bridgehead atoms. The summed E-state index contributed by atoms with van der Waals surface area (Å²) in [6, 6.07) is 7.18. The van der Waals surface area contributed by atoms with E-state index < -0.39 is 0 Å². The minimum Gasteiger partial charge on any atom is -0.399 e. The molecule has 4 heteroatoms. The zero-order chi connectivity index (χ0) is 10.1. The first-order chi connectivity index (χ1) is 6.68. The van der Waals surface area contributed by atoms with Gasteiger partial charge in [0.2, 0.25) is 0 Å². The van der Waals surface area contributed by atoms with E-state index in [1.54, 1.807) is 22.9 Å². The second-order valence-electron chi connectivity index (χ2n) is 3.16.